The molecule has 37 heavy (non-hydrogen) atoms. The fourth-order valence-electron chi connectivity index (χ4n) is 4.17. The Morgan fingerprint density at radius 2 is 1.59 bits per heavy atom. The Balaban J connectivity index is 1.37. The summed E-state index contributed by atoms with van der Waals surface area (Å²) in [7, 11) is -3.89. The minimum absolute atomic E-state index is 0.0337. The second-order valence-electron chi connectivity index (χ2n) is 8.51. The van der Waals surface area contributed by atoms with Gasteiger partial charge in [-0.15, -0.1) is 0 Å². The molecule has 0 aliphatic heterocycles. The van der Waals surface area contributed by atoms with E-state index in [9.17, 15) is 13.2 Å². The molecule has 184 valence electrons. The van der Waals surface area contributed by atoms with Crippen LogP contribution in [0.4, 0.5) is 5.82 Å². The Bertz CT molecular complexity index is 1730. The molecule has 1 aromatic heterocycles. The average molecular weight is 510 g/mol. The molecule has 0 spiro atoms. The fraction of sp³-hybridized carbons (Fsp3) is 0.0345. The first-order valence-corrected chi connectivity index (χ1v) is 13.0. The summed E-state index contributed by atoms with van der Waals surface area (Å²) in [5.74, 6) is 1.47. The summed E-state index contributed by atoms with van der Waals surface area (Å²) in [6.45, 7) is 0. The van der Waals surface area contributed by atoms with Gasteiger partial charge in [0.1, 0.15) is 17.3 Å². The van der Waals surface area contributed by atoms with E-state index in [0.717, 1.165) is 16.3 Å². The van der Waals surface area contributed by atoms with Crippen LogP contribution < -0.4 is 15.6 Å². The molecule has 0 atom stereocenters. The van der Waals surface area contributed by atoms with Crippen molar-refractivity contribution >= 4 is 32.4 Å². The molecule has 0 saturated carbocycles. The van der Waals surface area contributed by atoms with Gasteiger partial charge in [0.2, 0.25) is 10.0 Å². The first-order valence-electron chi connectivity index (χ1n) is 11.4. The number of carbonyl (C=O) groups excluding carboxylic acids is 1. The number of nitrogen functional groups attached to an aromatic ring is 1. The van der Waals surface area contributed by atoms with Gasteiger partial charge in [-0.05, 0) is 41.3 Å². The van der Waals surface area contributed by atoms with Gasteiger partial charge in [-0.1, -0.05) is 66.7 Å². The van der Waals surface area contributed by atoms with E-state index < -0.39 is 10.0 Å². The third-order valence-electron chi connectivity index (χ3n) is 6.03. The minimum atomic E-state index is -3.89. The van der Waals surface area contributed by atoms with Gasteiger partial charge in [0.15, 0.2) is 5.78 Å². The summed E-state index contributed by atoms with van der Waals surface area (Å²) in [6.07, 6.45) is 1.78. The zero-order valence-corrected chi connectivity index (χ0v) is 20.5. The third-order valence-corrected chi connectivity index (χ3v) is 7.00. The monoisotopic (exact) mass is 509 g/mol. The van der Waals surface area contributed by atoms with Gasteiger partial charge in [0.25, 0.3) is 0 Å². The Hall–Kier alpha value is -4.53. The number of ether oxygens (including phenoxy) is 1. The molecule has 8 heteroatoms. The summed E-state index contributed by atoms with van der Waals surface area (Å²) in [5, 5.41) is 7.11. The number of Topliss-reactive ketones (excluding diaryl/α,β-unsaturated/α-hetero) is 1. The number of primary sulfonamides is 1. The van der Waals surface area contributed by atoms with Crippen molar-refractivity contribution in [2.45, 2.75) is 11.3 Å². The van der Waals surface area contributed by atoms with Crippen molar-refractivity contribution in [2.24, 2.45) is 5.14 Å². The van der Waals surface area contributed by atoms with E-state index in [4.69, 9.17) is 15.6 Å². The Morgan fingerprint density at radius 3 is 2.38 bits per heavy atom. The van der Waals surface area contributed by atoms with Crippen LogP contribution in [0.3, 0.4) is 0 Å². The minimum Gasteiger partial charge on any atom is -0.457 e. The van der Waals surface area contributed by atoms with E-state index >= 15 is 0 Å². The van der Waals surface area contributed by atoms with Crippen LogP contribution in [0.25, 0.3) is 21.9 Å². The van der Waals surface area contributed by atoms with Gasteiger partial charge in [-0.25, -0.2) is 18.5 Å². The van der Waals surface area contributed by atoms with Crippen LogP contribution in [0.1, 0.15) is 15.9 Å². The number of carbonyl (C=O) groups is 1. The van der Waals surface area contributed by atoms with E-state index in [2.05, 4.69) is 4.98 Å². The molecule has 0 aliphatic rings. The second-order valence-corrected chi connectivity index (χ2v) is 10.0. The predicted octanol–water partition coefficient (Wildman–Crippen LogP) is 5.35. The maximum Gasteiger partial charge on any atom is 0.238 e. The van der Waals surface area contributed by atoms with Crippen LogP contribution in [0.2, 0.25) is 0 Å². The number of fused-ring (bicyclic) bond motifs is 1. The number of hydrogen-bond donors (Lipinski definition) is 2. The first-order chi connectivity index (χ1) is 17.8. The van der Waals surface area contributed by atoms with Gasteiger partial charge in [-0.3, -0.25) is 4.79 Å². The van der Waals surface area contributed by atoms with E-state index in [1.54, 1.807) is 48.7 Å². The van der Waals surface area contributed by atoms with Crippen molar-refractivity contribution in [3.05, 3.63) is 114 Å². The topological polar surface area (TPSA) is 125 Å². The number of ketones is 1. The molecule has 0 saturated heterocycles. The maximum absolute atomic E-state index is 13.1. The standard InChI is InChI=1S/C29H23N3O4S/c30-29-25-18-23(14-13-20(25)15-16-32-29)36-27-7-3-1-5-22(27)17-26(33)21-11-9-19(10-12-21)24-6-2-4-8-28(24)37(31,34)35/h1-16,18H,17H2,(H2,30,32)(H2,31,34,35). The number of para-hydroxylation sites is 1. The molecule has 0 bridgehead atoms. The molecule has 5 aromatic rings. The van der Waals surface area contributed by atoms with E-state index in [0.29, 0.717) is 34.0 Å². The number of hydrogen-bond acceptors (Lipinski definition) is 6. The smallest absolute Gasteiger partial charge is 0.238 e. The zero-order chi connectivity index (χ0) is 26.0. The number of pyridine rings is 1. The lowest BCUT2D eigenvalue weighted by Crippen LogP contribution is -2.13. The normalized spacial score (nSPS) is 11.4. The zero-order valence-electron chi connectivity index (χ0n) is 19.7. The molecule has 0 radical (unpaired) electrons. The van der Waals surface area contributed by atoms with Gasteiger partial charge in [0, 0.05) is 34.7 Å². The molecule has 0 aliphatic carbocycles. The van der Waals surface area contributed by atoms with E-state index in [-0.39, 0.29) is 17.1 Å². The SMILES string of the molecule is Nc1nccc2ccc(Oc3ccccc3CC(=O)c3ccc(-c4ccccc4S(N)(=O)=O)cc3)cc12. The van der Waals surface area contributed by atoms with Crippen LogP contribution in [-0.4, -0.2) is 19.2 Å². The number of rotatable bonds is 7. The van der Waals surface area contributed by atoms with Gasteiger partial charge < -0.3 is 10.5 Å². The van der Waals surface area contributed by atoms with Gasteiger partial charge in [0.05, 0.1) is 4.90 Å². The molecule has 7 nitrogen and oxygen atoms in total. The van der Waals surface area contributed by atoms with Crippen molar-refractivity contribution in [2.75, 3.05) is 5.73 Å². The highest BCUT2D eigenvalue weighted by Gasteiger charge is 2.16. The maximum atomic E-state index is 13.1. The number of sulfonamides is 1. The molecule has 0 amide bonds. The average Bonchev–Trinajstić information content (AvgIpc) is 2.90. The Morgan fingerprint density at radius 1 is 0.865 bits per heavy atom. The summed E-state index contributed by atoms with van der Waals surface area (Å²) >= 11 is 0. The lowest BCUT2D eigenvalue weighted by molar-refractivity contribution is 0.0992. The molecule has 4 aromatic carbocycles. The first kappa shape index (κ1) is 24.2. The molecular weight excluding hydrogens is 486 g/mol. The van der Waals surface area contributed by atoms with Crippen molar-refractivity contribution < 1.29 is 17.9 Å². The van der Waals surface area contributed by atoms with Crippen molar-refractivity contribution in [1.82, 2.24) is 4.98 Å². The Labute approximate surface area is 214 Å². The lowest BCUT2D eigenvalue weighted by atomic mass is 9.99. The van der Waals surface area contributed by atoms with Crippen molar-refractivity contribution in [1.29, 1.82) is 0 Å². The highest BCUT2D eigenvalue weighted by atomic mass is 32.2. The summed E-state index contributed by atoms with van der Waals surface area (Å²) in [6, 6.07) is 28.1. The Kier molecular flexibility index (Phi) is 6.43. The fourth-order valence-corrected chi connectivity index (χ4v) is 4.93. The quantitative estimate of drug-likeness (QED) is 0.285. The molecule has 5 rings (SSSR count). The number of nitrogens with two attached hydrogens (primary N) is 2. The van der Waals surface area contributed by atoms with E-state index in [1.807, 2.05) is 48.5 Å². The van der Waals surface area contributed by atoms with Crippen molar-refractivity contribution in [3.8, 4) is 22.6 Å². The molecule has 0 unspecified atom stereocenters. The predicted molar refractivity (Wildman–Crippen MR) is 144 cm³/mol. The van der Waals surface area contributed by atoms with Crippen LogP contribution in [0.15, 0.2) is 108 Å². The third kappa shape index (κ3) is 5.20. The molecular formula is C29H23N3O4S. The summed E-state index contributed by atoms with van der Waals surface area (Å²) in [5.41, 5.74) is 8.37. The van der Waals surface area contributed by atoms with Gasteiger partial charge >= 0.3 is 0 Å². The number of nitrogens with zero attached hydrogens (tertiary/aromatic N) is 1. The second kappa shape index (κ2) is 9.85. The van der Waals surface area contributed by atoms with Crippen LogP contribution in [-0.2, 0) is 16.4 Å². The highest BCUT2D eigenvalue weighted by molar-refractivity contribution is 7.89. The molecule has 0 fully saturated rings. The molecule has 1 heterocycles. The van der Waals surface area contributed by atoms with Crippen LogP contribution in [0.5, 0.6) is 11.5 Å². The van der Waals surface area contributed by atoms with Crippen LogP contribution >= 0.6 is 0 Å². The number of benzene rings is 4. The number of anilines is 1. The van der Waals surface area contributed by atoms with Crippen molar-refractivity contribution in [3.63, 3.8) is 0 Å². The van der Waals surface area contributed by atoms with Crippen LogP contribution in [0, 0.1) is 0 Å². The summed E-state index contributed by atoms with van der Waals surface area (Å²) in [4.78, 5) is 17.3. The van der Waals surface area contributed by atoms with Gasteiger partial charge in [-0.2, -0.15) is 0 Å². The summed E-state index contributed by atoms with van der Waals surface area (Å²) < 4.78 is 30.0. The highest BCUT2D eigenvalue weighted by Crippen LogP contribution is 2.31. The molecule has 4 N–H and O–H groups in total. The van der Waals surface area contributed by atoms with E-state index in [1.165, 1.54) is 6.07 Å². The lowest BCUT2D eigenvalue weighted by Gasteiger charge is -2.12. The largest absolute Gasteiger partial charge is 0.457 e. The number of aromatic nitrogens is 1.